The summed E-state index contributed by atoms with van der Waals surface area (Å²) < 4.78 is 5.07. The second-order valence-electron chi connectivity index (χ2n) is 8.10. The molecule has 0 spiro atoms. The second kappa shape index (κ2) is 12.3. The zero-order valence-electron chi connectivity index (χ0n) is 19.3. The smallest absolute Gasteiger partial charge is 0.337 e. The minimum Gasteiger partial charge on any atom is -0.480 e. The molecule has 8 heteroatoms. The van der Waals surface area contributed by atoms with Crippen molar-refractivity contribution in [3.63, 3.8) is 0 Å². The Morgan fingerprint density at radius 3 is 2.03 bits per heavy atom. The van der Waals surface area contributed by atoms with Crippen molar-refractivity contribution in [3.05, 3.63) is 96.1 Å². The lowest BCUT2D eigenvalue weighted by Gasteiger charge is -2.23. The molecule has 3 aromatic rings. The summed E-state index contributed by atoms with van der Waals surface area (Å²) in [6.45, 7) is -0.353. The zero-order chi connectivity index (χ0) is 25.2. The van der Waals surface area contributed by atoms with Crippen molar-refractivity contribution in [3.8, 4) is 11.1 Å². The second-order valence-corrected chi connectivity index (χ2v) is 8.10. The summed E-state index contributed by atoms with van der Waals surface area (Å²) in [4.78, 5) is 37.4. The van der Waals surface area contributed by atoms with Crippen molar-refractivity contribution in [1.82, 2.24) is 10.2 Å². The molecule has 0 fully saturated rings. The Balaban J connectivity index is 1.52. The van der Waals surface area contributed by atoms with Crippen molar-refractivity contribution < 1.29 is 29.3 Å². The maximum Gasteiger partial charge on any atom is 0.337 e. The first-order valence-electron chi connectivity index (χ1n) is 11.1. The fourth-order valence-corrected chi connectivity index (χ4v) is 3.40. The minimum atomic E-state index is -1.57. The monoisotopic (exact) mass is 476 g/mol. The number of benzene rings is 3. The Morgan fingerprint density at radius 2 is 1.43 bits per heavy atom. The van der Waals surface area contributed by atoms with Gasteiger partial charge in [0, 0.05) is 13.5 Å². The fraction of sp³-hybridized carbons (Fsp3) is 0.222. The number of aliphatic hydroxyl groups is 1. The molecule has 1 unspecified atom stereocenters. The molecule has 3 rings (SSSR count). The number of ether oxygens (including phenoxy) is 1. The summed E-state index contributed by atoms with van der Waals surface area (Å²) in [5.74, 6) is -2.07. The summed E-state index contributed by atoms with van der Waals surface area (Å²) >= 11 is 0. The summed E-state index contributed by atoms with van der Waals surface area (Å²) in [6, 6.07) is 24.3. The molecule has 0 aromatic heterocycles. The molecule has 0 saturated heterocycles. The van der Waals surface area contributed by atoms with Crippen LogP contribution in [0.25, 0.3) is 11.1 Å². The molecule has 8 nitrogen and oxygen atoms in total. The molecule has 0 saturated carbocycles. The molecular weight excluding hydrogens is 448 g/mol. The number of nitrogens with zero attached hydrogens (tertiary/aromatic N) is 1. The number of amides is 2. The first-order valence-corrected chi connectivity index (χ1v) is 11.1. The van der Waals surface area contributed by atoms with Crippen molar-refractivity contribution in [1.29, 1.82) is 0 Å². The SMILES string of the molecule is CN(CC(O)C(=O)OCc1ccccc1)C(=O)N[C@@H](Cc1ccc(-c2ccccc2)cc1)C(=O)O. The Bertz CT molecular complexity index is 1120. The van der Waals surface area contributed by atoms with Crippen LogP contribution in [0.4, 0.5) is 4.79 Å². The number of nitrogens with one attached hydrogen (secondary N) is 1. The van der Waals surface area contributed by atoms with Crippen LogP contribution in [0.15, 0.2) is 84.9 Å². The number of likely N-dealkylation sites (N-methyl/N-ethyl adjacent to an activating group) is 1. The van der Waals surface area contributed by atoms with Crippen LogP contribution < -0.4 is 5.32 Å². The lowest BCUT2D eigenvalue weighted by Crippen LogP contribution is -2.50. The van der Waals surface area contributed by atoms with Crippen molar-refractivity contribution in [2.45, 2.75) is 25.2 Å². The van der Waals surface area contributed by atoms with Crippen LogP contribution in [-0.4, -0.2) is 58.8 Å². The molecule has 0 bridgehead atoms. The van der Waals surface area contributed by atoms with Gasteiger partial charge in [0.1, 0.15) is 12.6 Å². The summed E-state index contributed by atoms with van der Waals surface area (Å²) in [7, 11) is 1.36. The van der Waals surface area contributed by atoms with Gasteiger partial charge in [-0.1, -0.05) is 84.9 Å². The molecule has 0 aliphatic rings. The lowest BCUT2D eigenvalue weighted by molar-refractivity contribution is -0.155. The standard InChI is InChI=1S/C27H28N2O6/c1-29(17-24(30)26(33)35-18-20-8-4-2-5-9-20)27(34)28-23(25(31)32)16-19-12-14-22(15-13-19)21-10-6-3-7-11-21/h2-15,23-24,30H,16-18H2,1H3,(H,28,34)(H,31,32)/t23-,24?/m0/s1. The Labute approximate surface area is 203 Å². The number of carboxylic acid groups (broad SMARTS) is 1. The van der Waals surface area contributed by atoms with E-state index in [4.69, 9.17) is 4.74 Å². The van der Waals surface area contributed by atoms with Gasteiger partial charge >= 0.3 is 18.0 Å². The van der Waals surface area contributed by atoms with Gasteiger partial charge in [-0.15, -0.1) is 0 Å². The number of carboxylic acids is 1. The van der Waals surface area contributed by atoms with Crippen LogP contribution >= 0.6 is 0 Å². The highest BCUT2D eigenvalue weighted by molar-refractivity contribution is 5.83. The van der Waals surface area contributed by atoms with Gasteiger partial charge in [-0.25, -0.2) is 14.4 Å². The number of carbonyl (C=O) groups is 3. The molecule has 0 aliphatic heterocycles. The average molecular weight is 477 g/mol. The van der Waals surface area contributed by atoms with Crippen molar-refractivity contribution >= 4 is 18.0 Å². The van der Waals surface area contributed by atoms with Gasteiger partial charge in [-0.2, -0.15) is 0 Å². The third-order valence-electron chi connectivity index (χ3n) is 5.39. The Hall–Kier alpha value is -4.17. The van der Waals surface area contributed by atoms with Crippen molar-refractivity contribution in [2.75, 3.05) is 13.6 Å². The van der Waals surface area contributed by atoms with E-state index in [1.807, 2.05) is 60.7 Å². The molecule has 0 aliphatic carbocycles. The molecule has 35 heavy (non-hydrogen) atoms. The van der Waals surface area contributed by atoms with E-state index in [0.717, 1.165) is 27.2 Å². The zero-order valence-corrected chi connectivity index (χ0v) is 19.3. The third-order valence-corrected chi connectivity index (χ3v) is 5.39. The Morgan fingerprint density at radius 1 is 0.857 bits per heavy atom. The molecule has 2 amide bonds. The highest BCUT2D eigenvalue weighted by Gasteiger charge is 2.25. The van der Waals surface area contributed by atoms with Crippen LogP contribution in [0.3, 0.4) is 0 Å². The van der Waals surface area contributed by atoms with E-state index in [-0.39, 0.29) is 19.6 Å². The van der Waals surface area contributed by atoms with Gasteiger partial charge in [0.05, 0.1) is 6.54 Å². The fourth-order valence-electron chi connectivity index (χ4n) is 3.40. The number of aliphatic carboxylic acids is 1. The number of hydrogen-bond donors (Lipinski definition) is 3. The minimum absolute atomic E-state index is 0.00318. The van der Waals surface area contributed by atoms with Crippen molar-refractivity contribution in [2.24, 2.45) is 0 Å². The van der Waals surface area contributed by atoms with E-state index in [9.17, 15) is 24.6 Å². The average Bonchev–Trinajstić information content (AvgIpc) is 2.88. The number of aliphatic hydroxyl groups excluding tert-OH is 1. The normalized spacial score (nSPS) is 12.3. The van der Waals surface area contributed by atoms with E-state index in [0.29, 0.717) is 0 Å². The van der Waals surface area contributed by atoms with Gasteiger partial charge in [-0.3, -0.25) is 0 Å². The largest absolute Gasteiger partial charge is 0.480 e. The predicted molar refractivity (Wildman–Crippen MR) is 130 cm³/mol. The van der Waals surface area contributed by atoms with Gasteiger partial charge in [-0.05, 0) is 22.3 Å². The predicted octanol–water partition coefficient (Wildman–Crippen LogP) is 3.10. The molecule has 3 N–H and O–H groups in total. The molecule has 0 radical (unpaired) electrons. The third kappa shape index (κ3) is 7.68. The summed E-state index contributed by atoms with van der Waals surface area (Å²) in [5, 5.41) is 22.1. The van der Waals surface area contributed by atoms with E-state index in [1.165, 1.54) is 7.05 Å². The number of hydrogen-bond acceptors (Lipinski definition) is 5. The lowest BCUT2D eigenvalue weighted by atomic mass is 10.0. The van der Waals surface area contributed by atoms with Gasteiger partial charge in [0.25, 0.3) is 0 Å². The van der Waals surface area contributed by atoms with Gasteiger partial charge < -0.3 is 25.2 Å². The summed E-state index contributed by atoms with van der Waals surface area (Å²) in [5.41, 5.74) is 3.55. The molecule has 2 atom stereocenters. The Kier molecular flexibility index (Phi) is 8.97. The first kappa shape index (κ1) is 25.5. The highest BCUT2D eigenvalue weighted by atomic mass is 16.5. The molecule has 3 aromatic carbocycles. The van der Waals surface area contributed by atoms with Crippen LogP contribution in [0.2, 0.25) is 0 Å². The topological polar surface area (TPSA) is 116 Å². The van der Waals surface area contributed by atoms with Crippen LogP contribution in [0.5, 0.6) is 0 Å². The van der Waals surface area contributed by atoms with E-state index in [2.05, 4.69) is 5.32 Å². The number of esters is 1. The van der Waals surface area contributed by atoms with Gasteiger partial charge in [0.15, 0.2) is 6.10 Å². The quantitative estimate of drug-likeness (QED) is 0.387. The highest BCUT2D eigenvalue weighted by Crippen LogP contribution is 2.19. The number of urea groups is 1. The van der Waals surface area contributed by atoms with Gasteiger partial charge in [0.2, 0.25) is 0 Å². The van der Waals surface area contributed by atoms with Crippen LogP contribution in [-0.2, 0) is 27.4 Å². The molecule has 0 heterocycles. The maximum absolute atomic E-state index is 12.5. The summed E-state index contributed by atoms with van der Waals surface area (Å²) in [6.07, 6.45) is -1.49. The van der Waals surface area contributed by atoms with E-state index >= 15 is 0 Å². The maximum atomic E-state index is 12.5. The first-order chi connectivity index (χ1) is 16.8. The molecular formula is C27H28N2O6. The van der Waals surface area contributed by atoms with E-state index in [1.54, 1.807) is 24.3 Å². The molecule has 182 valence electrons. The van der Waals surface area contributed by atoms with E-state index < -0.39 is 30.1 Å². The van der Waals surface area contributed by atoms with Crippen LogP contribution in [0, 0.1) is 0 Å². The number of carbonyl (C=O) groups excluding carboxylic acids is 2. The number of rotatable bonds is 10. The van der Waals surface area contributed by atoms with Crippen LogP contribution in [0.1, 0.15) is 11.1 Å².